The normalized spacial score (nSPS) is 11.6. The van der Waals surface area contributed by atoms with Crippen molar-refractivity contribution in [2.45, 2.75) is 0 Å². The van der Waals surface area contributed by atoms with E-state index in [1.807, 2.05) is 0 Å². The Balaban J connectivity index is 1.08. The Hall–Kier alpha value is -7.42. The summed E-state index contributed by atoms with van der Waals surface area (Å²) in [5.74, 6) is 0. The molecule has 0 aliphatic carbocycles. The number of fused-ring (bicyclic) bond motifs is 6. The first-order valence-electron chi connectivity index (χ1n) is 19.3. The SMILES string of the molecule is c1ccc(-c2c3ccccc3c(-c3ccc4c(c3)c3ccccc3n4-c3ccc(N(c4ccccc4)c4cccc5ccccc45)cc3)c3ccccc23)cc1. The van der Waals surface area contributed by atoms with E-state index >= 15 is 0 Å². The predicted molar refractivity (Wildman–Crippen MR) is 239 cm³/mol. The van der Waals surface area contributed by atoms with Crippen LogP contribution in [0, 0.1) is 0 Å². The first-order chi connectivity index (χ1) is 27.8. The van der Waals surface area contributed by atoms with Crippen LogP contribution in [0.5, 0.6) is 0 Å². The quantitative estimate of drug-likeness (QED) is 0.156. The standard InChI is InChI=1S/C54H36N2/c1-3-17-38(18-4-1)53-45-24-9-11-26-47(45)54(48-27-12-10-25-46(48)53)39-30-35-52-49(36-39)44-23-13-14-28-51(44)56(52)42-33-31-41(32-34-42)55(40-20-5-2-6-21-40)50-29-15-19-37-16-7-8-22-43(37)50/h1-36H. The lowest BCUT2D eigenvalue weighted by molar-refractivity contribution is 1.17. The molecule has 11 aromatic rings. The van der Waals surface area contributed by atoms with Crippen molar-refractivity contribution in [1.29, 1.82) is 0 Å². The molecule has 56 heavy (non-hydrogen) atoms. The molecule has 1 aromatic heterocycles. The number of aromatic nitrogens is 1. The number of anilines is 3. The van der Waals surface area contributed by atoms with Crippen molar-refractivity contribution in [3.8, 4) is 27.9 Å². The smallest absolute Gasteiger partial charge is 0.0541 e. The van der Waals surface area contributed by atoms with Gasteiger partial charge in [0.05, 0.1) is 16.7 Å². The van der Waals surface area contributed by atoms with Crippen LogP contribution in [0.1, 0.15) is 0 Å². The summed E-state index contributed by atoms with van der Waals surface area (Å²) < 4.78 is 2.41. The highest BCUT2D eigenvalue weighted by Gasteiger charge is 2.20. The Labute approximate surface area is 325 Å². The summed E-state index contributed by atoms with van der Waals surface area (Å²) in [7, 11) is 0. The zero-order valence-corrected chi connectivity index (χ0v) is 30.7. The summed E-state index contributed by atoms with van der Waals surface area (Å²) in [6.07, 6.45) is 0. The van der Waals surface area contributed by atoms with E-state index in [0.29, 0.717) is 0 Å². The maximum Gasteiger partial charge on any atom is 0.0541 e. The third-order valence-corrected chi connectivity index (χ3v) is 11.3. The molecule has 0 aliphatic heterocycles. The minimum atomic E-state index is 1.11. The molecule has 10 aromatic carbocycles. The lowest BCUT2D eigenvalue weighted by Crippen LogP contribution is -2.10. The van der Waals surface area contributed by atoms with Crippen LogP contribution < -0.4 is 4.90 Å². The van der Waals surface area contributed by atoms with Crippen LogP contribution in [0.15, 0.2) is 218 Å². The van der Waals surface area contributed by atoms with Crippen LogP contribution in [0.3, 0.4) is 0 Å². The first-order valence-corrected chi connectivity index (χ1v) is 19.3. The number of nitrogens with zero attached hydrogens (tertiary/aromatic N) is 2. The van der Waals surface area contributed by atoms with Gasteiger partial charge in [0.15, 0.2) is 0 Å². The number of rotatable bonds is 6. The van der Waals surface area contributed by atoms with Gasteiger partial charge in [0.1, 0.15) is 0 Å². The van der Waals surface area contributed by atoms with Gasteiger partial charge in [-0.2, -0.15) is 0 Å². The summed E-state index contributed by atoms with van der Waals surface area (Å²) in [6, 6.07) is 79.3. The van der Waals surface area contributed by atoms with Crippen LogP contribution in [0.25, 0.3) is 82.1 Å². The number of para-hydroxylation sites is 2. The molecule has 0 saturated carbocycles. The molecule has 0 aliphatic rings. The summed E-state index contributed by atoms with van der Waals surface area (Å²) in [4.78, 5) is 2.36. The molecule has 0 unspecified atom stereocenters. The van der Waals surface area contributed by atoms with Crippen molar-refractivity contribution in [3.63, 3.8) is 0 Å². The Morgan fingerprint density at radius 3 is 1.48 bits per heavy atom. The molecule has 0 radical (unpaired) electrons. The Morgan fingerprint density at radius 1 is 0.304 bits per heavy atom. The van der Waals surface area contributed by atoms with E-state index in [-0.39, 0.29) is 0 Å². The van der Waals surface area contributed by atoms with E-state index in [2.05, 4.69) is 228 Å². The molecule has 2 heteroatoms. The second kappa shape index (κ2) is 13.2. The van der Waals surface area contributed by atoms with Gasteiger partial charge in [-0.05, 0) is 110 Å². The van der Waals surface area contributed by atoms with Gasteiger partial charge in [-0.25, -0.2) is 0 Å². The Bertz CT molecular complexity index is 3170. The van der Waals surface area contributed by atoms with Crippen LogP contribution in [0.2, 0.25) is 0 Å². The van der Waals surface area contributed by atoms with Crippen molar-refractivity contribution in [2.24, 2.45) is 0 Å². The molecule has 262 valence electrons. The zero-order valence-electron chi connectivity index (χ0n) is 30.7. The van der Waals surface area contributed by atoms with Gasteiger partial charge in [-0.15, -0.1) is 0 Å². The van der Waals surface area contributed by atoms with Gasteiger partial charge < -0.3 is 9.47 Å². The Morgan fingerprint density at radius 2 is 0.804 bits per heavy atom. The molecule has 0 N–H and O–H groups in total. The van der Waals surface area contributed by atoms with E-state index < -0.39 is 0 Å². The second-order valence-corrected chi connectivity index (χ2v) is 14.5. The van der Waals surface area contributed by atoms with Crippen molar-refractivity contribution in [1.82, 2.24) is 4.57 Å². The maximum absolute atomic E-state index is 2.41. The molecule has 2 nitrogen and oxygen atoms in total. The van der Waals surface area contributed by atoms with Crippen molar-refractivity contribution in [2.75, 3.05) is 4.90 Å². The highest BCUT2D eigenvalue weighted by molar-refractivity contribution is 6.22. The summed E-state index contributed by atoms with van der Waals surface area (Å²) >= 11 is 0. The monoisotopic (exact) mass is 712 g/mol. The molecule has 0 saturated heterocycles. The van der Waals surface area contributed by atoms with Crippen LogP contribution in [-0.4, -0.2) is 4.57 Å². The van der Waals surface area contributed by atoms with Crippen LogP contribution in [0.4, 0.5) is 17.1 Å². The molecule has 11 rings (SSSR count). The molecular formula is C54H36N2. The second-order valence-electron chi connectivity index (χ2n) is 14.5. The lowest BCUT2D eigenvalue weighted by atomic mass is 9.86. The molecule has 1 heterocycles. The topological polar surface area (TPSA) is 8.17 Å². The highest BCUT2D eigenvalue weighted by Crippen LogP contribution is 2.45. The first kappa shape index (κ1) is 32.0. The third kappa shape index (κ3) is 5.11. The lowest BCUT2D eigenvalue weighted by Gasteiger charge is -2.27. The molecule has 0 bridgehead atoms. The fourth-order valence-corrected chi connectivity index (χ4v) is 8.92. The number of hydrogen-bond acceptors (Lipinski definition) is 1. The average molecular weight is 713 g/mol. The molecular weight excluding hydrogens is 677 g/mol. The van der Waals surface area contributed by atoms with E-state index in [1.54, 1.807) is 0 Å². The van der Waals surface area contributed by atoms with Crippen molar-refractivity contribution >= 4 is 71.2 Å². The fourth-order valence-electron chi connectivity index (χ4n) is 8.92. The van der Waals surface area contributed by atoms with Crippen LogP contribution in [-0.2, 0) is 0 Å². The van der Waals surface area contributed by atoms with Crippen LogP contribution >= 0.6 is 0 Å². The largest absolute Gasteiger partial charge is 0.310 e. The Kier molecular flexibility index (Phi) is 7.53. The maximum atomic E-state index is 2.41. The predicted octanol–water partition coefficient (Wildman–Crippen LogP) is 15.0. The molecule has 0 amide bonds. The minimum absolute atomic E-state index is 1.11. The van der Waals surface area contributed by atoms with Crippen molar-refractivity contribution in [3.05, 3.63) is 218 Å². The minimum Gasteiger partial charge on any atom is -0.310 e. The van der Waals surface area contributed by atoms with Gasteiger partial charge in [0, 0.05) is 33.2 Å². The van der Waals surface area contributed by atoms with Crippen molar-refractivity contribution < 1.29 is 0 Å². The molecule has 0 spiro atoms. The third-order valence-electron chi connectivity index (χ3n) is 11.3. The van der Waals surface area contributed by atoms with Gasteiger partial charge in [0.2, 0.25) is 0 Å². The van der Waals surface area contributed by atoms with E-state index in [4.69, 9.17) is 0 Å². The average Bonchev–Trinajstić information content (AvgIpc) is 3.60. The highest BCUT2D eigenvalue weighted by atomic mass is 15.1. The van der Waals surface area contributed by atoms with Gasteiger partial charge in [-0.1, -0.05) is 158 Å². The van der Waals surface area contributed by atoms with E-state index in [1.165, 1.54) is 76.4 Å². The van der Waals surface area contributed by atoms with Gasteiger partial charge >= 0.3 is 0 Å². The molecule has 0 atom stereocenters. The summed E-state index contributed by atoms with van der Waals surface area (Å²) in [5.41, 5.74) is 11.9. The van der Waals surface area contributed by atoms with Gasteiger partial charge in [-0.3, -0.25) is 0 Å². The zero-order chi connectivity index (χ0) is 37.0. The molecule has 0 fully saturated rings. The van der Waals surface area contributed by atoms with E-state index in [0.717, 1.165) is 22.7 Å². The summed E-state index contributed by atoms with van der Waals surface area (Å²) in [6.45, 7) is 0. The van der Waals surface area contributed by atoms with E-state index in [9.17, 15) is 0 Å². The number of hydrogen-bond donors (Lipinski definition) is 0. The fraction of sp³-hybridized carbons (Fsp3) is 0. The van der Waals surface area contributed by atoms with Gasteiger partial charge in [0.25, 0.3) is 0 Å². The summed E-state index contributed by atoms with van der Waals surface area (Å²) in [5, 5.41) is 9.98. The number of benzene rings is 10.